The van der Waals surface area contributed by atoms with Crippen molar-refractivity contribution in [2.75, 3.05) is 63.1 Å². The van der Waals surface area contributed by atoms with E-state index in [4.69, 9.17) is 30.1 Å². The van der Waals surface area contributed by atoms with Crippen molar-refractivity contribution in [2.24, 2.45) is 0 Å². The van der Waals surface area contributed by atoms with Gasteiger partial charge in [0.2, 0.25) is 17.8 Å². The van der Waals surface area contributed by atoms with Crippen LogP contribution in [-0.2, 0) is 29.7 Å². The molecule has 0 spiro atoms. The number of hydrogen-bond donors (Lipinski definition) is 4. The maximum absolute atomic E-state index is 13.2. The smallest absolute Gasteiger partial charge is 0.362 e. The number of methoxy groups -OCH3 is 1. The summed E-state index contributed by atoms with van der Waals surface area (Å²) in [7, 11) is 0.725. The second-order valence-electron chi connectivity index (χ2n) is 14.7. The summed E-state index contributed by atoms with van der Waals surface area (Å²) in [5, 5.41) is 13.1. The molecule has 7 rings (SSSR count). The van der Waals surface area contributed by atoms with Crippen LogP contribution in [0.2, 0.25) is 5.02 Å². The number of amides is 3. The molecule has 1 atom stereocenters. The second-order valence-corrected chi connectivity index (χ2v) is 17.4. The van der Waals surface area contributed by atoms with Crippen molar-refractivity contribution >= 4 is 71.1 Å². The van der Waals surface area contributed by atoms with Crippen molar-refractivity contribution in [1.82, 2.24) is 25.5 Å². The molecule has 60 heavy (non-hydrogen) atoms. The number of ether oxygens (including phenoxy) is 2. The Hall–Kier alpha value is -5.25. The lowest BCUT2D eigenvalue weighted by Crippen LogP contribution is -2.52. The van der Waals surface area contributed by atoms with E-state index in [1.54, 1.807) is 48.4 Å². The summed E-state index contributed by atoms with van der Waals surface area (Å²) >= 11 is 6.47. The molecular formula is C42H50ClN8O8P. The number of nitrogens with zero attached hydrogens (tertiary/aromatic N) is 4. The van der Waals surface area contributed by atoms with Gasteiger partial charge in [0.1, 0.15) is 22.6 Å². The van der Waals surface area contributed by atoms with Gasteiger partial charge in [-0.3, -0.25) is 24.3 Å². The van der Waals surface area contributed by atoms with Gasteiger partial charge in [0.15, 0.2) is 5.82 Å². The SMILES string of the molecule is COc1cc(N2CCC(NCCCCCOc3ccc4c(c3)CN(C3CCC(=O)NC3=O)C4=O)CC2)ccc1Nc1ncc(Cl)c(Nc2ccccc2P(=O)(OC)OC)n1. The van der Waals surface area contributed by atoms with Crippen LogP contribution in [0.4, 0.5) is 28.8 Å². The molecule has 3 amide bonds. The molecule has 0 bridgehead atoms. The number of para-hydroxylation sites is 1. The third kappa shape index (κ3) is 9.85. The van der Waals surface area contributed by atoms with Crippen LogP contribution in [0, 0.1) is 0 Å². The first-order valence-corrected chi connectivity index (χ1v) is 22.0. The highest BCUT2D eigenvalue weighted by molar-refractivity contribution is 7.62. The number of benzene rings is 3. The third-order valence-electron chi connectivity index (χ3n) is 11.0. The minimum atomic E-state index is -3.56. The van der Waals surface area contributed by atoms with Crippen LogP contribution in [-0.4, -0.2) is 92.2 Å². The highest BCUT2D eigenvalue weighted by Gasteiger charge is 2.39. The fourth-order valence-electron chi connectivity index (χ4n) is 7.71. The first-order chi connectivity index (χ1) is 29.1. The van der Waals surface area contributed by atoms with Gasteiger partial charge in [-0.25, -0.2) is 4.98 Å². The number of piperidine rings is 2. The number of carbonyl (C=O) groups excluding carboxylic acids is 3. The van der Waals surface area contributed by atoms with Crippen molar-refractivity contribution < 1.29 is 37.5 Å². The summed E-state index contributed by atoms with van der Waals surface area (Å²) in [6, 6.07) is 18.2. The Balaban J connectivity index is 0.829. The van der Waals surface area contributed by atoms with Crippen molar-refractivity contribution in [1.29, 1.82) is 0 Å². The lowest BCUT2D eigenvalue weighted by Gasteiger charge is -2.34. The summed E-state index contributed by atoms with van der Waals surface area (Å²) in [5.41, 5.74) is 3.63. The monoisotopic (exact) mass is 860 g/mol. The minimum absolute atomic E-state index is 0.186. The van der Waals surface area contributed by atoms with E-state index < -0.39 is 19.5 Å². The van der Waals surface area contributed by atoms with Crippen LogP contribution in [0.5, 0.6) is 11.5 Å². The molecule has 0 radical (unpaired) electrons. The maximum atomic E-state index is 13.2. The Morgan fingerprint density at radius 2 is 1.72 bits per heavy atom. The molecule has 3 aliphatic heterocycles. The van der Waals surface area contributed by atoms with Gasteiger partial charge < -0.3 is 44.3 Å². The Bertz CT molecular complexity index is 2250. The molecule has 4 aromatic rings. The van der Waals surface area contributed by atoms with Crippen LogP contribution in [0.15, 0.2) is 66.9 Å². The molecular weight excluding hydrogens is 811 g/mol. The highest BCUT2D eigenvalue weighted by atomic mass is 35.5. The third-order valence-corrected chi connectivity index (χ3v) is 13.2. The molecule has 2 fully saturated rings. The summed E-state index contributed by atoms with van der Waals surface area (Å²) in [5.74, 6) is 1.04. The van der Waals surface area contributed by atoms with Gasteiger partial charge in [0.25, 0.3) is 5.91 Å². The minimum Gasteiger partial charge on any atom is -0.494 e. The van der Waals surface area contributed by atoms with Gasteiger partial charge >= 0.3 is 7.60 Å². The first-order valence-electron chi connectivity index (χ1n) is 20.0. The lowest BCUT2D eigenvalue weighted by atomic mass is 10.0. The quantitative estimate of drug-likeness (QED) is 0.0496. The Labute approximate surface area is 354 Å². The van der Waals surface area contributed by atoms with Crippen molar-refractivity contribution in [3.8, 4) is 11.5 Å². The molecule has 3 aromatic carbocycles. The molecule has 1 aromatic heterocycles. The Kier molecular flexibility index (Phi) is 13.9. The number of aromatic nitrogens is 2. The van der Waals surface area contributed by atoms with E-state index in [1.165, 1.54) is 20.4 Å². The molecule has 4 N–H and O–H groups in total. The maximum Gasteiger partial charge on any atom is 0.362 e. The number of halogens is 1. The molecule has 18 heteroatoms. The number of hydrogen-bond acceptors (Lipinski definition) is 14. The average Bonchev–Trinajstić information content (AvgIpc) is 3.59. The van der Waals surface area contributed by atoms with Gasteiger partial charge in [-0.15, -0.1) is 0 Å². The molecule has 318 valence electrons. The number of unbranched alkanes of at least 4 members (excludes halogenated alkanes) is 2. The van der Waals surface area contributed by atoms with E-state index in [0.29, 0.717) is 65.2 Å². The zero-order chi connectivity index (χ0) is 42.2. The van der Waals surface area contributed by atoms with E-state index in [2.05, 4.69) is 42.2 Å². The molecule has 4 heterocycles. The zero-order valence-corrected chi connectivity index (χ0v) is 35.5. The van der Waals surface area contributed by atoms with E-state index >= 15 is 0 Å². The van der Waals surface area contributed by atoms with E-state index in [-0.39, 0.29) is 29.2 Å². The summed E-state index contributed by atoms with van der Waals surface area (Å²) in [6.07, 6.45) is 7.08. The zero-order valence-electron chi connectivity index (χ0n) is 33.9. The number of imide groups is 1. The van der Waals surface area contributed by atoms with Crippen molar-refractivity contribution in [3.63, 3.8) is 0 Å². The predicted molar refractivity (Wildman–Crippen MR) is 229 cm³/mol. The van der Waals surface area contributed by atoms with Crippen LogP contribution >= 0.6 is 19.2 Å². The number of nitrogens with one attached hydrogen (secondary N) is 4. The fraction of sp³-hybridized carbons (Fsp3) is 0.405. The molecule has 2 saturated heterocycles. The van der Waals surface area contributed by atoms with Crippen molar-refractivity contribution in [2.45, 2.75) is 63.6 Å². The van der Waals surface area contributed by atoms with Gasteiger partial charge in [-0.05, 0) is 93.1 Å². The average molecular weight is 861 g/mol. The summed E-state index contributed by atoms with van der Waals surface area (Å²) in [4.78, 5) is 49.7. The van der Waals surface area contributed by atoms with E-state index in [0.717, 1.165) is 63.0 Å². The lowest BCUT2D eigenvalue weighted by molar-refractivity contribution is -0.136. The van der Waals surface area contributed by atoms with Gasteiger partial charge in [-0.1, -0.05) is 23.7 Å². The number of carbonyl (C=O) groups is 3. The van der Waals surface area contributed by atoms with Crippen LogP contribution in [0.25, 0.3) is 0 Å². The summed E-state index contributed by atoms with van der Waals surface area (Å²) in [6.45, 7) is 3.67. The number of anilines is 5. The fourth-order valence-corrected chi connectivity index (χ4v) is 9.09. The Morgan fingerprint density at radius 1 is 0.917 bits per heavy atom. The largest absolute Gasteiger partial charge is 0.494 e. The first kappa shape index (κ1) is 42.9. The van der Waals surface area contributed by atoms with Gasteiger partial charge in [0, 0.05) is 63.6 Å². The number of fused-ring (bicyclic) bond motifs is 1. The second kappa shape index (κ2) is 19.4. The molecule has 3 aliphatic rings. The van der Waals surface area contributed by atoms with Crippen LogP contribution in [0.3, 0.4) is 0 Å². The topological polar surface area (TPSA) is 186 Å². The normalized spacial score (nSPS) is 17.1. The van der Waals surface area contributed by atoms with Crippen LogP contribution in [0.1, 0.15) is 60.9 Å². The molecule has 1 unspecified atom stereocenters. The molecule has 0 saturated carbocycles. The predicted octanol–water partition coefficient (Wildman–Crippen LogP) is 6.31. The van der Waals surface area contributed by atoms with E-state index in [1.807, 2.05) is 18.2 Å². The number of rotatable bonds is 18. The van der Waals surface area contributed by atoms with E-state index in [9.17, 15) is 18.9 Å². The Morgan fingerprint density at radius 3 is 2.48 bits per heavy atom. The standard InChI is InChI=1S/C42H50ClN8O8P/c1-56-36-24-29(11-14-33(36)47-42-45-25-32(43)39(49-42)46-34-9-5-6-10-37(34)60(55,57-2)58-3)50-20-17-28(18-21-50)44-19-7-4-8-22-59-30-12-13-31-27(23-30)26-51(41(31)54)35-15-16-38(52)48-40(35)53/h5-6,9-14,23-25,28,35,44H,4,7-8,15-22,26H2,1-3H3,(H,48,52,53)(H2,45,46,47,49). The van der Waals surface area contributed by atoms with Gasteiger partial charge in [0.05, 0.1) is 36.6 Å². The molecule has 16 nitrogen and oxygen atoms in total. The molecule has 0 aliphatic carbocycles. The highest BCUT2D eigenvalue weighted by Crippen LogP contribution is 2.47. The van der Waals surface area contributed by atoms with Crippen molar-refractivity contribution in [3.05, 3.63) is 83.0 Å². The summed E-state index contributed by atoms with van der Waals surface area (Å²) < 4.78 is 35.4. The van der Waals surface area contributed by atoms with Crippen LogP contribution < -0.4 is 40.9 Å². The van der Waals surface area contributed by atoms with Gasteiger partial charge in [-0.2, -0.15) is 4.98 Å².